The van der Waals surface area contributed by atoms with Crippen LogP contribution in [0.3, 0.4) is 0 Å². The van der Waals surface area contributed by atoms with Crippen LogP contribution in [0, 0.1) is 11.3 Å². The summed E-state index contributed by atoms with van der Waals surface area (Å²) in [5, 5.41) is 7.51. The Labute approximate surface area is 84.0 Å². The molecule has 0 fully saturated rings. The zero-order chi connectivity index (χ0) is 9.23. The van der Waals surface area contributed by atoms with Crippen LogP contribution in [-0.4, -0.2) is 11.0 Å². The van der Waals surface area contributed by atoms with Gasteiger partial charge in [-0.05, 0) is 5.56 Å². The number of hydrogen-bond donors (Lipinski definition) is 0. The first-order chi connectivity index (χ1) is 5.85. The second-order valence-electron chi connectivity index (χ2n) is 1.95. The van der Waals surface area contributed by atoms with Crippen molar-refractivity contribution in [2.75, 3.05) is 0 Å². The van der Waals surface area contributed by atoms with Crippen LogP contribution in [0.5, 0.6) is 0 Å². The van der Waals surface area contributed by atoms with Gasteiger partial charge in [-0.2, -0.15) is 5.26 Å². The third kappa shape index (κ3) is 8.31. The van der Waals surface area contributed by atoms with E-state index in [4.69, 9.17) is 5.26 Å². The van der Waals surface area contributed by atoms with Crippen LogP contribution in [0.15, 0.2) is 49.6 Å². The molecule has 13 heavy (non-hydrogen) atoms. The maximum Gasteiger partial charge on any atom is 0.0905 e. The van der Waals surface area contributed by atoms with Gasteiger partial charge >= 0.3 is 0 Å². The highest BCUT2D eigenvalue weighted by Crippen LogP contribution is 1.97. The van der Waals surface area contributed by atoms with Crippen LogP contribution in [0.4, 0.5) is 0 Å². The standard InChI is InChI=1S/C8H8.C3H3N.Si/c1-2-8-6-4-3-5-7-8;1-2-3-4;/h2-7H,1H2;2H,1H2;. The molecule has 0 saturated heterocycles. The minimum atomic E-state index is 0. The summed E-state index contributed by atoms with van der Waals surface area (Å²) in [4.78, 5) is 0. The first-order valence-electron chi connectivity index (χ1n) is 3.53. The lowest BCUT2D eigenvalue weighted by Crippen LogP contribution is -1.63. The Morgan fingerprint density at radius 3 is 1.85 bits per heavy atom. The fourth-order valence-corrected chi connectivity index (χ4v) is 0.589. The Bertz CT molecular complexity index is 272. The Hall–Kier alpha value is -1.59. The van der Waals surface area contributed by atoms with Gasteiger partial charge in [0.25, 0.3) is 0 Å². The molecule has 0 aromatic heterocycles. The van der Waals surface area contributed by atoms with Gasteiger partial charge in [-0.3, -0.25) is 0 Å². The summed E-state index contributed by atoms with van der Waals surface area (Å²) in [5.74, 6) is 0. The van der Waals surface area contributed by atoms with Crippen molar-refractivity contribution in [1.29, 1.82) is 5.26 Å². The van der Waals surface area contributed by atoms with E-state index in [-0.39, 0.29) is 11.0 Å². The van der Waals surface area contributed by atoms with Gasteiger partial charge in [0.05, 0.1) is 6.07 Å². The van der Waals surface area contributed by atoms with E-state index in [2.05, 4.69) is 13.2 Å². The summed E-state index contributed by atoms with van der Waals surface area (Å²) in [6.07, 6.45) is 3.01. The fraction of sp³-hybridized carbons (Fsp3) is 0. The molecular weight excluding hydrogens is 174 g/mol. The average Bonchev–Trinajstić information content (AvgIpc) is 2.19. The van der Waals surface area contributed by atoms with E-state index in [1.165, 1.54) is 11.6 Å². The molecule has 0 bridgehead atoms. The monoisotopic (exact) mass is 185 g/mol. The van der Waals surface area contributed by atoms with Crippen LogP contribution < -0.4 is 0 Å². The summed E-state index contributed by atoms with van der Waals surface area (Å²) in [7, 11) is 0. The summed E-state index contributed by atoms with van der Waals surface area (Å²) in [5.41, 5.74) is 1.17. The third-order valence-electron chi connectivity index (χ3n) is 1.13. The largest absolute Gasteiger partial charge is 0.193 e. The molecule has 64 valence electrons. The zero-order valence-corrected chi connectivity index (χ0v) is 8.40. The first kappa shape index (κ1) is 14.0. The van der Waals surface area contributed by atoms with Crippen molar-refractivity contribution in [2.45, 2.75) is 0 Å². The molecule has 0 heterocycles. The van der Waals surface area contributed by atoms with Gasteiger partial charge in [0, 0.05) is 17.0 Å². The predicted octanol–water partition coefficient (Wildman–Crippen LogP) is 2.64. The first-order valence-corrected chi connectivity index (χ1v) is 3.53. The van der Waals surface area contributed by atoms with Gasteiger partial charge in [0.1, 0.15) is 0 Å². The summed E-state index contributed by atoms with van der Waals surface area (Å²) in [6.45, 7) is 6.75. The van der Waals surface area contributed by atoms with Crippen molar-refractivity contribution in [3.63, 3.8) is 0 Å². The summed E-state index contributed by atoms with van der Waals surface area (Å²) in [6, 6.07) is 11.7. The smallest absolute Gasteiger partial charge is 0.0905 e. The molecule has 0 atom stereocenters. The molecule has 1 nitrogen and oxygen atoms in total. The van der Waals surface area contributed by atoms with Gasteiger partial charge < -0.3 is 0 Å². The molecule has 0 aliphatic carbocycles. The normalized spacial score (nSPS) is 6.38. The molecule has 0 spiro atoms. The van der Waals surface area contributed by atoms with Crippen LogP contribution in [0.2, 0.25) is 0 Å². The molecule has 1 aromatic rings. The van der Waals surface area contributed by atoms with Gasteiger partial charge in [-0.25, -0.2) is 0 Å². The van der Waals surface area contributed by atoms with Gasteiger partial charge in [-0.15, -0.1) is 0 Å². The number of hydrogen-bond acceptors (Lipinski definition) is 1. The lowest BCUT2D eigenvalue weighted by Gasteiger charge is -1.85. The highest BCUT2D eigenvalue weighted by Gasteiger charge is 1.75. The Kier molecular flexibility index (Phi) is 11.2. The highest BCUT2D eigenvalue weighted by molar-refractivity contribution is 5.75. The van der Waals surface area contributed by atoms with Crippen LogP contribution >= 0.6 is 0 Å². The lowest BCUT2D eigenvalue weighted by atomic mass is 10.2. The quantitative estimate of drug-likeness (QED) is 0.487. The molecule has 0 amide bonds. The Balaban J connectivity index is 0. The SMILES string of the molecule is C=CC#N.C=Cc1ccccc1.[Si]. The van der Waals surface area contributed by atoms with E-state index in [1.807, 2.05) is 36.4 Å². The molecule has 4 radical (unpaired) electrons. The van der Waals surface area contributed by atoms with E-state index in [0.717, 1.165) is 0 Å². The van der Waals surface area contributed by atoms with Gasteiger partial charge in [0.2, 0.25) is 0 Å². The number of nitrogens with zero attached hydrogens (tertiary/aromatic N) is 1. The minimum Gasteiger partial charge on any atom is -0.193 e. The number of nitriles is 1. The highest BCUT2D eigenvalue weighted by atomic mass is 28.1. The van der Waals surface area contributed by atoms with Crippen molar-refractivity contribution in [3.05, 3.63) is 55.1 Å². The molecule has 0 aliphatic rings. The molecule has 2 heteroatoms. The van der Waals surface area contributed by atoms with Crippen molar-refractivity contribution < 1.29 is 0 Å². The summed E-state index contributed by atoms with van der Waals surface area (Å²) >= 11 is 0. The van der Waals surface area contributed by atoms with E-state index >= 15 is 0 Å². The second kappa shape index (κ2) is 10.4. The fourth-order valence-electron chi connectivity index (χ4n) is 0.589. The van der Waals surface area contributed by atoms with Crippen LogP contribution in [0.1, 0.15) is 5.56 Å². The Morgan fingerprint density at radius 2 is 1.62 bits per heavy atom. The van der Waals surface area contributed by atoms with E-state index in [9.17, 15) is 0 Å². The van der Waals surface area contributed by atoms with Gasteiger partial charge in [-0.1, -0.05) is 49.6 Å². The second-order valence-corrected chi connectivity index (χ2v) is 1.95. The molecule has 0 saturated carbocycles. The third-order valence-corrected chi connectivity index (χ3v) is 1.13. The number of benzene rings is 1. The van der Waals surface area contributed by atoms with Crippen LogP contribution in [0.25, 0.3) is 6.08 Å². The maximum atomic E-state index is 7.51. The topological polar surface area (TPSA) is 23.8 Å². The van der Waals surface area contributed by atoms with Crippen molar-refractivity contribution >= 4 is 17.0 Å². The zero-order valence-electron chi connectivity index (χ0n) is 7.40. The Morgan fingerprint density at radius 1 is 1.15 bits per heavy atom. The van der Waals surface area contributed by atoms with Crippen molar-refractivity contribution in [2.24, 2.45) is 0 Å². The van der Waals surface area contributed by atoms with E-state index < -0.39 is 0 Å². The molecular formula is C11H11NSi. The molecule has 0 aliphatic heterocycles. The van der Waals surface area contributed by atoms with E-state index in [0.29, 0.717) is 0 Å². The molecule has 1 rings (SSSR count). The van der Waals surface area contributed by atoms with Crippen molar-refractivity contribution in [3.8, 4) is 6.07 Å². The maximum absolute atomic E-state index is 7.51. The predicted molar refractivity (Wildman–Crippen MR) is 58.1 cm³/mol. The van der Waals surface area contributed by atoms with E-state index in [1.54, 1.807) is 6.07 Å². The number of rotatable bonds is 1. The summed E-state index contributed by atoms with van der Waals surface area (Å²) < 4.78 is 0. The number of allylic oxidation sites excluding steroid dienone is 1. The average molecular weight is 185 g/mol. The lowest BCUT2D eigenvalue weighted by molar-refractivity contribution is 1.54. The van der Waals surface area contributed by atoms with Crippen molar-refractivity contribution in [1.82, 2.24) is 0 Å². The molecule has 0 unspecified atom stereocenters. The molecule has 0 N–H and O–H groups in total. The van der Waals surface area contributed by atoms with Gasteiger partial charge in [0.15, 0.2) is 0 Å². The van der Waals surface area contributed by atoms with Crippen LogP contribution in [-0.2, 0) is 0 Å². The minimum absolute atomic E-state index is 0. The molecule has 1 aromatic carbocycles.